The Morgan fingerprint density at radius 3 is 2.75 bits per heavy atom. The molecule has 5 nitrogen and oxygen atoms in total. The normalized spacial score (nSPS) is 18.8. The fraction of sp³-hybridized carbons (Fsp3) is 0.529. The zero-order valence-electron chi connectivity index (χ0n) is 13.3. The van der Waals surface area contributed by atoms with Crippen LogP contribution in [0.25, 0.3) is 0 Å². The second-order valence-electron chi connectivity index (χ2n) is 5.96. The molecule has 1 heterocycles. The summed E-state index contributed by atoms with van der Waals surface area (Å²) in [5.41, 5.74) is 0.993. The summed E-state index contributed by atoms with van der Waals surface area (Å²) in [4.78, 5) is 23.5. The van der Waals surface area contributed by atoms with Crippen molar-refractivity contribution in [1.29, 1.82) is 0 Å². The third-order valence-corrected chi connectivity index (χ3v) is 4.84. The Hall–Kier alpha value is -1.30. The summed E-state index contributed by atoms with van der Waals surface area (Å²) in [5, 5.41) is 12.9. The molecule has 0 saturated carbocycles. The van der Waals surface area contributed by atoms with E-state index in [4.69, 9.17) is 27.9 Å². The summed E-state index contributed by atoms with van der Waals surface area (Å²) in [7, 11) is 0. The molecule has 2 rings (SSSR count). The number of halogens is 2. The minimum atomic E-state index is -1.01. The molecular formula is C17H21Cl2NO4. The van der Waals surface area contributed by atoms with Crippen molar-refractivity contribution in [3.8, 4) is 0 Å². The summed E-state index contributed by atoms with van der Waals surface area (Å²) in [5.74, 6) is -1.44. The van der Waals surface area contributed by atoms with E-state index in [9.17, 15) is 14.7 Å². The predicted octanol–water partition coefficient (Wildman–Crippen LogP) is 3.31. The molecule has 0 aromatic heterocycles. The van der Waals surface area contributed by atoms with Gasteiger partial charge in [0, 0.05) is 18.9 Å². The van der Waals surface area contributed by atoms with Crippen LogP contribution in [0.3, 0.4) is 0 Å². The van der Waals surface area contributed by atoms with Gasteiger partial charge in [-0.05, 0) is 43.4 Å². The molecule has 7 heteroatoms. The number of aryl methyl sites for hydroxylation is 1. The van der Waals surface area contributed by atoms with E-state index in [2.05, 4.69) is 5.32 Å². The molecule has 2 N–H and O–H groups in total. The lowest BCUT2D eigenvalue weighted by Crippen LogP contribution is -2.48. The number of ether oxygens (including phenoxy) is 1. The highest BCUT2D eigenvalue weighted by Crippen LogP contribution is 2.23. The molecular weight excluding hydrogens is 353 g/mol. The Kier molecular flexibility index (Phi) is 7.34. The quantitative estimate of drug-likeness (QED) is 0.768. The van der Waals surface area contributed by atoms with E-state index in [0.29, 0.717) is 36.1 Å². The van der Waals surface area contributed by atoms with Crippen LogP contribution in [0.1, 0.15) is 31.2 Å². The van der Waals surface area contributed by atoms with Crippen LogP contribution in [0, 0.1) is 5.92 Å². The second kappa shape index (κ2) is 9.25. The van der Waals surface area contributed by atoms with Crippen molar-refractivity contribution in [2.75, 3.05) is 13.2 Å². The first-order valence-electron chi connectivity index (χ1n) is 8.01. The fourth-order valence-electron chi connectivity index (χ4n) is 2.80. The van der Waals surface area contributed by atoms with Gasteiger partial charge in [0.05, 0.1) is 16.7 Å². The molecule has 1 aliphatic rings. The highest BCUT2D eigenvalue weighted by atomic mass is 35.5. The predicted molar refractivity (Wildman–Crippen MR) is 92.5 cm³/mol. The number of carboxylic acid groups (broad SMARTS) is 1. The van der Waals surface area contributed by atoms with Crippen LogP contribution in [-0.4, -0.2) is 36.2 Å². The minimum Gasteiger partial charge on any atom is -0.480 e. The van der Waals surface area contributed by atoms with E-state index in [1.165, 1.54) is 0 Å². The van der Waals surface area contributed by atoms with Gasteiger partial charge < -0.3 is 15.2 Å². The Balaban J connectivity index is 1.80. The topological polar surface area (TPSA) is 75.6 Å². The number of carbonyl (C=O) groups excluding carboxylic acids is 1. The van der Waals surface area contributed by atoms with Gasteiger partial charge in [0.25, 0.3) is 0 Å². The lowest BCUT2D eigenvalue weighted by atomic mass is 9.93. The van der Waals surface area contributed by atoms with Crippen molar-refractivity contribution in [3.63, 3.8) is 0 Å². The maximum absolute atomic E-state index is 12.0. The number of carbonyl (C=O) groups is 2. The molecule has 1 aromatic rings. The number of aliphatic carboxylic acids is 1. The molecule has 1 aliphatic heterocycles. The fourth-order valence-corrected chi connectivity index (χ4v) is 3.12. The molecule has 2 unspecified atom stereocenters. The molecule has 0 aliphatic carbocycles. The lowest BCUT2D eigenvalue weighted by Gasteiger charge is -2.28. The van der Waals surface area contributed by atoms with Crippen LogP contribution in [0.4, 0.5) is 0 Å². The zero-order chi connectivity index (χ0) is 17.5. The molecule has 132 valence electrons. The van der Waals surface area contributed by atoms with Crippen molar-refractivity contribution < 1.29 is 19.4 Å². The molecule has 0 spiro atoms. The van der Waals surface area contributed by atoms with Crippen LogP contribution in [0.15, 0.2) is 18.2 Å². The van der Waals surface area contributed by atoms with Gasteiger partial charge in [0.15, 0.2) is 0 Å². The number of carboxylic acids is 1. The van der Waals surface area contributed by atoms with Crippen molar-refractivity contribution in [3.05, 3.63) is 33.8 Å². The Bertz CT molecular complexity index is 588. The summed E-state index contributed by atoms with van der Waals surface area (Å²) in [6.07, 6.45) is 3.12. The highest BCUT2D eigenvalue weighted by molar-refractivity contribution is 6.42. The highest BCUT2D eigenvalue weighted by Gasteiger charge is 2.31. The van der Waals surface area contributed by atoms with Crippen LogP contribution in [-0.2, 0) is 20.7 Å². The first-order valence-corrected chi connectivity index (χ1v) is 8.77. The van der Waals surface area contributed by atoms with Gasteiger partial charge in [-0.3, -0.25) is 4.79 Å². The van der Waals surface area contributed by atoms with Crippen LogP contribution in [0.2, 0.25) is 10.0 Å². The van der Waals surface area contributed by atoms with Gasteiger partial charge in [-0.1, -0.05) is 29.3 Å². The van der Waals surface area contributed by atoms with Gasteiger partial charge in [-0.15, -0.1) is 0 Å². The van der Waals surface area contributed by atoms with Crippen LogP contribution in [0.5, 0.6) is 0 Å². The number of amides is 1. The van der Waals surface area contributed by atoms with Gasteiger partial charge in [-0.2, -0.15) is 0 Å². The van der Waals surface area contributed by atoms with E-state index in [1.807, 2.05) is 6.07 Å². The Morgan fingerprint density at radius 2 is 2.12 bits per heavy atom. The number of hydrogen-bond acceptors (Lipinski definition) is 3. The molecule has 1 saturated heterocycles. The van der Waals surface area contributed by atoms with E-state index in [-0.39, 0.29) is 18.2 Å². The summed E-state index contributed by atoms with van der Waals surface area (Å²) in [6.45, 7) is 1.03. The van der Waals surface area contributed by atoms with Crippen molar-refractivity contribution in [2.24, 2.45) is 5.92 Å². The van der Waals surface area contributed by atoms with E-state index in [1.54, 1.807) is 12.1 Å². The Labute approximate surface area is 151 Å². The number of nitrogens with one attached hydrogen (secondary N) is 1. The first-order chi connectivity index (χ1) is 11.5. The molecule has 24 heavy (non-hydrogen) atoms. The van der Waals surface area contributed by atoms with Crippen molar-refractivity contribution in [1.82, 2.24) is 5.32 Å². The monoisotopic (exact) mass is 373 g/mol. The summed E-state index contributed by atoms with van der Waals surface area (Å²) < 4.78 is 5.32. The maximum Gasteiger partial charge on any atom is 0.326 e. The summed E-state index contributed by atoms with van der Waals surface area (Å²) >= 11 is 11.8. The van der Waals surface area contributed by atoms with E-state index >= 15 is 0 Å². The third kappa shape index (κ3) is 5.65. The SMILES string of the molecule is O=C(CCCc1ccc(Cl)c(Cl)c1)NC(C(=O)O)C1CCCOC1. The average molecular weight is 374 g/mol. The number of hydrogen-bond donors (Lipinski definition) is 2. The number of rotatable bonds is 7. The van der Waals surface area contributed by atoms with Crippen LogP contribution < -0.4 is 5.32 Å². The van der Waals surface area contributed by atoms with Gasteiger partial charge in [0.1, 0.15) is 6.04 Å². The zero-order valence-corrected chi connectivity index (χ0v) is 14.8. The van der Waals surface area contributed by atoms with Gasteiger partial charge in [-0.25, -0.2) is 4.79 Å². The molecule has 0 bridgehead atoms. The largest absolute Gasteiger partial charge is 0.480 e. The summed E-state index contributed by atoms with van der Waals surface area (Å²) in [6, 6.07) is 4.48. The molecule has 1 fully saturated rings. The van der Waals surface area contributed by atoms with Crippen LogP contribution >= 0.6 is 23.2 Å². The maximum atomic E-state index is 12.0. The average Bonchev–Trinajstić information content (AvgIpc) is 2.56. The second-order valence-corrected chi connectivity index (χ2v) is 6.78. The molecule has 1 aromatic carbocycles. The Morgan fingerprint density at radius 1 is 1.33 bits per heavy atom. The van der Waals surface area contributed by atoms with Gasteiger partial charge in [0.2, 0.25) is 5.91 Å². The van der Waals surface area contributed by atoms with Crippen molar-refractivity contribution in [2.45, 2.75) is 38.1 Å². The number of benzene rings is 1. The van der Waals surface area contributed by atoms with E-state index in [0.717, 1.165) is 18.4 Å². The standard InChI is InChI=1S/C17H21Cl2NO4/c18-13-7-6-11(9-14(13)19)3-1-5-15(21)20-16(17(22)23)12-4-2-8-24-10-12/h6-7,9,12,16H,1-5,8,10H2,(H,20,21)(H,22,23). The molecule has 2 atom stereocenters. The lowest BCUT2D eigenvalue weighted by molar-refractivity contribution is -0.145. The third-order valence-electron chi connectivity index (χ3n) is 4.10. The van der Waals surface area contributed by atoms with Crippen molar-refractivity contribution >= 4 is 35.1 Å². The molecule has 0 radical (unpaired) electrons. The smallest absolute Gasteiger partial charge is 0.326 e. The van der Waals surface area contributed by atoms with E-state index < -0.39 is 12.0 Å². The first kappa shape index (κ1) is 19.0. The molecule has 1 amide bonds. The minimum absolute atomic E-state index is 0.171. The van der Waals surface area contributed by atoms with Gasteiger partial charge >= 0.3 is 5.97 Å².